The number of esters is 1. The Labute approximate surface area is 157 Å². The molecule has 0 fully saturated rings. The molecular formula is C25H20O2. The Morgan fingerprint density at radius 1 is 0.778 bits per heavy atom. The van der Waals surface area contributed by atoms with Crippen molar-refractivity contribution in [2.24, 2.45) is 0 Å². The molecule has 1 unspecified atom stereocenters. The molecule has 0 spiro atoms. The Morgan fingerprint density at radius 2 is 1.33 bits per heavy atom. The predicted octanol–water partition coefficient (Wildman–Crippen LogP) is 6.40. The highest BCUT2D eigenvalue weighted by molar-refractivity contribution is 6.33. The van der Waals surface area contributed by atoms with E-state index >= 15 is 0 Å². The zero-order valence-corrected chi connectivity index (χ0v) is 15.5. The molecule has 0 aromatic heterocycles. The minimum Gasteiger partial charge on any atom is -0.469 e. The predicted molar refractivity (Wildman–Crippen MR) is 113 cm³/mol. The quantitative estimate of drug-likeness (QED) is 0.213. The number of rotatable bonds is 3. The van der Waals surface area contributed by atoms with Crippen LogP contribution in [0.1, 0.15) is 24.8 Å². The maximum absolute atomic E-state index is 12.4. The summed E-state index contributed by atoms with van der Waals surface area (Å²) in [5.74, 6) is -0.413. The molecule has 27 heavy (non-hydrogen) atoms. The van der Waals surface area contributed by atoms with E-state index in [9.17, 15) is 4.79 Å². The third-order valence-electron chi connectivity index (χ3n) is 5.83. The van der Waals surface area contributed by atoms with Gasteiger partial charge in [0.2, 0.25) is 0 Å². The molecule has 0 amide bonds. The van der Waals surface area contributed by atoms with Crippen molar-refractivity contribution in [2.45, 2.75) is 19.3 Å². The first kappa shape index (κ1) is 16.1. The minimum absolute atomic E-state index is 0.170. The van der Waals surface area contributed by atoms with E-state index in [4.69, 9.17) is 4.74 Å². The van der Waals surface area contributed by atoms with E-state index in [1.165, 1.54) is 44.8 Å². The first-order valence-electron chi connectivity index (χ1n) is 9.40. The molecular weight excluding hydrogens is 332 g/mol. The Kier molecular flexibility index (Phi) is 3.54. The molecule has 5 rings (SSSR count). The normalized spacial score (nSPS) is 13.0. The smallest absolute Gasteiger partial charge is 0.313 e. The summed E-state index contributed by atoms with van der Waals surface area (Å²) in [4.78, 5) is 12.4. The van der Waals surface area contributed by atoms with Crippen LogP contribution in [0.3, 0.4) is 0 Å². The molecule has 0 saturated carbocycles. The standard InChI is InChI=1S/C25H20O2/c1-3-16(25(26)27-2)17-13-14-22-20-10-5-8-15-7-4-9-19(23(15)20)21-12-6-11-18(17)24(21)22/h4-14,16H,3H2,1-2H3. The number of carbonyl (C=O) groups excluding carboxylic acids is 1. The highest BCUT2D eigenvalue weighted by Gasteiger charge is 2.23. The Balaban J connectivity index is 2.00. The summed E-state index contributed by atoms with van der Waals surface area (Å²) in [5.41, 5.74) is 1.05. The van der Waals surface area contributed by atoms with Crippen LogP contribution in [0.5, 0.6) is 0 Å². The lowest BCUT2D eigenvalue weighted by atomic mass is 9.85. The van der Waals surface area contributed by atoms with E-state index in [1.54, 1.807) is 0 Å². The lowest BCUT2D eigenvalue weighted by Gasteiger charge is -2.19. The number of hydrogen-bond donors (Lipinski definition) is 0. The summed E-state index contributed by atoms with van der Waals surface area (Å²) < 4.78 is 5.07. The zero-order valence-electron chi connectivity index (χ0n) is 15.5. The summed E-state index contributed by atoms with van der Waals surface area (Å²) in [7, 11) is 1.47. The molecule has 0 heterocycles. The van der Waals surface area contributed by atoms with Gasteiger partial charge in [0.05, 0.1) is 13.0 Å². The molecule has 0 radical (unpaired) electrons. The lowest BCUT2D eigenvalue weighted by Crippen LogP contribution is -2.13. The average molecular weight is 352 g/mol. The fraction of sp³-hybridized carbons (Fsp3) is 0.160. The number of hydrogen-bond acceptors (Lipinski definition) is 2. The van der Waals surface area contributed by atoms with E-state index in [2.05, 4.69) is 66.7 Å². The molecule has 132 valence electrons. The highest BCUT2D eigenvalue weighted by Crippen LogP contribution is 2.42. The van der Waals surface area contributed by atoms with Gasteiger partial charge in [-0.2, -0.15) is 0 Å². The number of methoxy groups -OCH3 is 1. The van der Waals surface area contributed by atoms with Crippen molar-refractivity contribution < 1.29 is 9.53 Å². The van der Waals surface area contributed by atoms with Gasteiger partial charge in [0.15, 0.2) is 0 Å². The Hall–Kier alpha value is -3.13. The van der Waals surface area contributed by atoms with Crippen molar-refractivity contribution in [3.05, 3.63) is 72.3 Å². The number of fused-ring (bicyclic) bond motifs is 2. The van der Waals surface area contributed by atoms with Crippen LogP contribution in [0, 0.1) is 0 Å². The average Bonchev–Trinajstić information content (AvgIpc) is 2.72. The SMILES string of the molecule is CCC(C(=O)OC)c1ccc2c3cccc4cccc(c5cccc1c52)c43. The maximum Gasteiger partial charge on any atom is 0.313 e. The van der Waals surface area contributed by atoms with Crippen LogP contribution in [0.15, 0.2) is 66.7 Å². The minimum atomic E-state index is -0.243. The van der Waals surface area contributed by atoms with E-state index in [1.807, 2.05) is 6.92 Å². The molecule has 0 bridgehead atoms. The molecule has 5 aromatic carbocycles. The Morgan fingerprint density at radius 3 is 1.96 bits per heavy atom. The Bertz CT molecular complexity index is 1270. The van der Waals surface area contributed by atoms with Crippen molar-refractivity contribution in [2.75, 3.05) is 7.11 Å². The second-order valence-electron chi connectivity index (χ2n) is 7.12. The van der Waals surface area contributed by atoms with Crippen molar-refractivity contribution in [3.63, 3.8) is 0 Å². The van der Waals surface area contributed by atoms with Gasteiger partial charge in [-0.1, -0.05) is 73.7 Å². The monoisotopic (exact) mass is 352 g/mol. The molecule has 1 atom stereocenters. The van der Waals surface area contributed by atoms with Crippen molar-refractivity contribution in [1.29, 1.82) is 0 Å². The zero-order chi connectivity index (χ0) is 18.5. The van der Waals surface area contributed by atoms with E-state index < -0.39 is 0 Å². The van der Waals surface area contributed by atoms with Crippen LogP contribution < -0.4 is 0 Å². The second kappa shape index (κ2) is 5.95. The van der Waals surface area contributed by atoms with Gasteiger partial charge >= 0.3 is 5.97 Å². The van der Waals surface area contributed by atoms with Gasteiger partial charge in [-0.15, -0.1) is 0 Å². The first-order valence-corrected chi connectivity index (χ1v) is 9.40. The third-order valence-corrected chi connectivity index (χ3v) is 5.83. The summed E-state index contributed by atoms with van der Waals surface area (Å²) in [6, 6.07) is 23.7. The number of carbonyl (C=O) groups is 1. The van der Waals surface area contributed by atoms with E-state index in [0.29, 0.717) is 0 Å². The van der Waals surface area contributed by atoms with Crippen LogP contribution in [-0.2, 0) is 9.53 Å². The van der Waals surface area contributed by atoms with Gasteiger partial charge in [-0.25, -0.2) is 0 Å². The second-order valence-corrected chi connectivity index (χ2v) is 7.12. The van der Waals surface area contributed by atoms with Gasteiger partial charge in [0.25, 0.3) is 0 Å². The van der Waals surface area contributed by atoms with Gasteiger partial charge in [-0.3, -0.25) is 4.79 Å². The highest BCUT2D eigenvalue weighted by atomic mass is 16.5. The molecule has 2 nitrogen and oxygen atoms in total. The molecule has 0 aliphatic carbocycles. The lowest BCUT2D eigenvalue weighted by molar-refractivity contribution is -0.142. The van der Waals surface area contributed by atoms with Gasteiger partial charge < -0.3 is 4.74 Å². The number of benzene rings is 5. The van der Waals surface area contributed by atoms with Crippen LogP contribution in [-0.4, -0.2) is 13.1 Å². The molecule has 0 N–H and O–H groups in total. The van der Waals surface area contributed by atoms with Crippen molar-refractivity contribution in [3.8, 4) is 0 Å². The van der Waals surface area contributed by atoms with Crippen LogP contribution in [0.4, 0.5) is 0 Å². The van der Waals surface area contributed by atoms with Gasteiger partial charge in [0.1, 0.15) is 0 Å². The summed E-state index contributed by atoms with van der Waals surface area (Å²) >= 11 is 0. The van der Waals surface area contributed by atoms with Crippen LogP contribution >= 0.6 is 0 Å². The maximum atomic E-state index is 12.4. The molecule has 0 aliphatic rings. The summed E-state index contributed by atoms with van der Waals surface area (Å²) in [5, 5.41) is 9.98. The molecule has 5 aromatic rings. The summed E-state index contributed by atoms with van der Waals surface area (Å²) in [6.07, 6.45) is 0.720. The molecule has 2 heteroatoms. The van der Waals surface area contributed by atoms with Crippen LogP contribution in [0.2, 0.25) is 0 Å². The third kappa shape index (κ3) is 2.16. The summed E-state index contributed by atoms with van der Waals surface area (Å²) in [6.45, 7) is 2.03. The van der Waals surface area contributed by atoms with E-state index in [-0.39, 0.29) is 11.9 Å². The van der Waals surface area contributed by atoms with Gasteiger partial charge in [0, 0.05) is 0 Å². The van der Waals surface area contributed by atoms with Crippen molar-refractivity contribution in [1.82, 2.24) is 0 Å². The molecule has 0 aliphatic heterocycles. The number of ether oxygens (including phenoxy) is 1. The van der Waals surface area contributed by atoms with Crippen LogP contribution in [0.25, 0.3) is 43.1 Å². The van der Waals surface area contributed by atoms with Gasteiger partial charge in [-0.05, 0) is 55.1 Å². The fourth-order valence-corrected chi connectivity index (χ4v) is 4.63. The van der Waals surface area contributed by atoms with E-state index in [0.717, 1.165) is 17.4 Å². The van der Waals surface area contributed by atoms with Crippen molar-refractivity contribution >= 4 is 49.1 Å². The fourth-order valence-electron chi connectivity index (χ4n) is 4.63. The first-order chi connectivity index (χ1) is 13.2. The topological polar surface area (TPSA) is 26.3 Å². The largest absolute Gasteiger partial charge is 0.469 e. The molecule has 0 saturated heterocycles.